The van der Waals surface area contributed by atoms with E-state index in [1.54, 1.807) is 11.9 Å². The molecule has 48 valence electrons. The van der Waals surface area contributed by atoms with Gasteiger partial charge in [0.1, 0.15) is 0 Å². The Kier molecular flexibility index (Phi) is 9.40. The molecule has 0 aromatic rings. The highest BCUT2D eigenvalue weighted by atomic mass is 32.2. The van der Waals surface area contributed by atoms with Crippen LogP contribution in [0.4, 0.5) is 0 Å². The molecule has 2 nitrogen and oxygen atoms in total. The largest absolute Gasteiger partial charge is 0.412 e. The van der Waals surface area contributed by atoms with Gasteiger partial charge in [0.25, 0.3) is 0 Å². The summed E-state index contributed by atoms with van der Waals surface area (Å²) in [5, 5.41) is 1.99. The standard InChI is InChI=1S/C4H5NS.H2O.H2S/c1-2-4-6-5-3-1;;/h1-5H;2*1H2. The van der Waals surface area contributed by atoms with Gasteiger partial charge in [-0.1, -0.05) is 6.08 Å². The van der Waals surface area contributed by atoms with Crippen molar-refractivity contribution in [3.8, 4) is 0 Å². The Morgan fingerprint density at radius 1 is 1.25 bits per heavy atom. The van der Waals surface area contributed by atoms with E-state index < -0.39 is 0 Å². The minimum atomic E-state index is 0. The van der Waals surface area contributed by atoms with Gasteiger partial charge in [-0.15, -0.1) is 0 Å². The van der Waals surface area contributed by atoms with Crippen LogP contribution in [0.1, 0.15) is 0 Å². The zero-order valence-corrected chi connectivity index (χ0v) is 6.03. The SMILES string of the molecule is C1=CNSC=C1.O.S. The zero-order valence-electron chi connectivity index (χ0n) is 4.22. The highest BCUT2D eigenvalue weighted by molar-refractivity contribution is 8.00. The second-order valence-corrected chi connectivity index (χ2v) is 1.67. The van der Waals surface area contributed by atoms with Crippen molar-refractivity contribution in [1.29, 1.82) is 0 Å². The Morgan fingerprint density at radius 2 is 2.00 bits per heavy atom. The molecule has 0 bridgehead atoms. The van der Waals surface area contributed by atoms with Crippen LogP contribution >= 0.6 is 25.4 Å². The van der Waals surface area contributed by atoms with Gasteiger partial charge >= 0.3 is 0 Å². The van der Waals surface area contributed by atoms with E-state index in [0.717, 1.165) is 0 Å². The van der Waals surface area contributed by atoms with Gasteiger partial charge < -0.3 is 10.2 Å². The first kappa shape index (κ1) is 10.8. The molecule has 0 fully saturated rings. The lowest BCUT2D eigenvalue weighted by atomic mass is 10.6. The lowest BCUT2D eigenvalue weighted by Gasteiger charge is -1.93. The summed E-state index contributed by atoms with van der Waals surface area (Å²) in [6, 6.07) is 0. The van der Waals surface area contributed by atoms with E-state index in [-0.39, 0.29) is 19.0 Å². The first-order chi connectivity index (χ1) is 3.00. The van der Waals surface area contributed by atoms with E-state index in [9.17, 15) is 0 Å². The van der Waals surface area contributed by atoms with Crippen LogP contribution < -0.4 is 4.72 Å². The van der Waals surface area contributed by atoms with Gasteiger partial charge in [-0.05, 0) is 23.4 Å². The van der Waals surface area contributed by atoms with Crippen LogP contribution in [0.3, 0.4) is 0 Å². The first-order valence-electron chi connectivity index (χ1n) is 1.73. The number of allylic oxidation sites excluding steroid dienone is 2. The maximum absolute atomic E-state index is 2.93. The molecule has 0 saturated carbocycles. The quantitative estimate of drug-likeness (QED) is 0.514. The summed E-state index contributed by atoms with van der Waals surface area (Å²) in [5.41, 5.74) is 0. The highest BCUT2D eigenvalue weighted by Gasteiger charge is 1.74. The average Bonchev–Trinajstić information content (AvgIpc) is 1.72. The molecule has 1 aliphatic heterocycles. The maximum atomic E-state index is 2.93. The van der Waals surface area contributed by atoms with Crippen molar-refractivity contribution in [2.24, 2.45) is 0 Å². The predicted octanol–water partition coefficient (Wildman–Crippen LogP) is 0.553. The molecule has 8 heavy (non-hydrogen) atoms. The average molecular weight is 151 g/mol. The minimum absolute atomic E-state index is 0. The van der Waals surface area contributed by atoms with Crippen LogP contribution in [0.5, 0.6) is 0 Å². The van der Waals surface area contributed by atoms with E-state index >= 15 is 0 Å². The molecule has 3 N–H and O–H groups in total. The predicted molar refractivity (Wildman–Crippen MR) is 43.0 cm³/mol. The molecule has 0 spiro atoms. The van der Waals surface area contributed by atoms with E-state index in [2.05, 4.69) is 4.72 Å². The molecule has 1 rings (SSSR count). The summed E-state index contributed by atoms with van der Waals surface area (Å²) in [4.78, 5) is 0. The molecule has 0 unspecified atom stereocenters. The highest BCUT2D eigenvalue weighted by Crippen LogP contribution is 1.98. The van der Waals surface area contributed by atoms with E-state index in [1.807, 2.05) is 23.8 Å². The van der Waals surface area contributed by atoms with Gasteiger partial charge in [-0.3, -0.25) is 0 Å². The monoisotopic (exact) mass is 151 g/mol. The molecule has 1 heterocycles. The summed E-state index contributed by atoms with van der Waals surface area (Å²) in [6.45, 7) is 0. The Balaban J connectivity index is 0. The molecular formula is C4H9NOS2. The van der Waals surface area contributed by atoms with Crippen LogP contribution in [0.25, 0.3) is 0 Å². The number of nitrogens with one attached hydrogen (secondary N) is 1. The van der Waals surface area contributed by atoms with E-state index in [1.165, 1.54) is 0 Å². The Bertz CT molecular complexity index is 80.0. The van der Waals surface area contributed by atoms with Crippen LogP contribution in [-0.2, 0) is 0 Å². The van der Waals surface area contributed by atoms with Crippen LogP contribution in [0.2, 0.25) is 0 Å². The number of hydrogen-bond donors (Lipinski definition) is 1. The smallest absolute Gasteiger partial charge is 0.00756 e. The molecule has 0 saturated heterocycles. The third kappa shape index (κ3) is 4.11. The zero-order chi connectivity index (χ0) is 4.24. The fourth-order valence-electron chi connectivity index (χ4n) is 0.258. The van der Waals surface area contributed by atoms with Crippen molar-refractivity contribution >= 4 is 25.4 Å². The molecule has 0 radical (unpaired) electrons. The third-order valence-electron chi connectivity index (χ3n) is 0.490. The fourth-order valence-corrected chi connectivity index (χ4v) is 0.663. The van der Waals surface area contributed by atoms with Crippen molar-refractivity contribution in [2.75, 3.05) is 0 Å². The topological polar surface area (TPSA) is 43.5 Å². The molecule has 0 amide bonds. The summed E-state index contributed by atoms with van der Waals surface area (Å²) < 4.78 is 2.93. The fraction of sp³-hybridized carbons (Fsp3) is 0. The minimum Gasteiger partial charge on any atom is -0.412 e. The Hall–Kier alpha value is -0.0600. The molecule has 0 aromatic heterocycles. The Morgan fingerprint density at radius 3 is 2.12 bits per heavy atom. The van der Waals surface area contributed by atoms with Gasteiger partial charge in [0.05, 0.1) is 0 Å². The number of hydrogen-bond acceptors (Lipinski definition) is 2. The van der Waals surface area contributed by atoms with Crippen molar-refractivity contribution in [1.82, 2.24) is 4.72 Å². The first-order valence-corrected chi connectivity index (χ1v) is 2.61. The van der Waals surface area contributed by atoms with Gasteiger partial charge in [0.15, 0.2) is 0 Å². The Labute approximate surface area is 59.9 Å². The van der Waals surface area contributed by atoms with Crippen LogP contribution in [-0.4, -0.2) is 5.48 Å². The molecule has 1 aliphatic rings. The van der Waals surface area contributed by atoms with Gasteiger partial charge in [0.2, 0.25) is 0 Å². The molecule has 0 aliphatic carbocycles. The summed E-state index contributed by atoms with van der Waals surface area (Å²) >= 11 is 1.58. The van der Waals surface area contributed by atoms with Crippen molar-refractivity contribution < 1.29 is 5.48 Å². The van der Waals surface area contributed by atoms with Gasteiger partial charge in [-0.25, -0.2) is 0 Å². The second kappa shape index (κ2) is 6.94. The number of rotatable bonds is 0. The van der Waals surface area contributed by atoms with Crippen molar-refractivity contribution in [3.05, 3.63) is 23.8 Å². The van der Waals surface area contributed by atoms with Crippen LogP contribution in [0, 0.1) is 0 Å². The summed E-state index contributed by atoms with van der Waals surface area (Å²) in [6.07, 6.45) is 5.84. The summed E-state index contributed by atoms with van der Waals surface area (Å²) in [5.74, 6) is 0. The lowest BCUT2D eigenvalue weighted by molar-refractivity contribution is 0.824. The molecular weight excluding hydrogens is 142 g/mol. The van der Waals surface area contributed by atoms with Gasteiger partial charge in [-0.2, -0.15) is 13.5 Å². The molecule has 0 aromatic carbocycles. The van der Waals surface area contributed by atoms with E-state index in [0.29, 0.717) is 0 Å². The van der Waals surface area contributed by atoms with Gasteiger partial charge in [0, 0.05) is 6.20 Å². The second-order valence-electron chi connectivity index (χ2n) is 0.923. The molecule has 0 atom stereocenters. The normalized spacial score (nSPS) is 13.0. The maximum Gasteiger partial charge on any atom is 0.00756 e. The summed E-state index contributed by atoms with van der Waals surface area (Å²) in [7, 11) is 0. The van der Waals surface area contributed by atoms with Crippen LogP contribution in [0.15, 0.2) is 23.8 Å². The lowest BCUT2D eigenvalue weighted by Crippen LogP contribution is -1.88. The third-order valence-corrected chi connectivity index (χ3v) is 1.06. The van der Waals surface area contributed by atoms with E-state index in [4.69, 9.17) is 0 Å². The molecule has 4 heteroatoms. The van der Waals surface area contributed by atoms with Crippen molar-refractivity contribution in [3.63, 3.8) is 0 Å². The van der Waals surface area contributed by atoms with Crippen molar-refractivity contribution in [2.45, 2.75) is 0 Å².